The Bertz CT molecular complexity index is 647. The van der Waals surface area contributed by atoms with Crippen LogP contribution in [0.3, 0.4) is 0 Å². The third-order valence-corrected chi connectivity index (χ3v) is 5.40. The second kappa shape index (κ2) is 6.59. The number of anilines is 1. The zero-order valence-electron chi connectivity index (χ0n) is 11.8. The number of hydrogen-bond donors (Lipinski definition) is 1. The number of halogens is 2. The highest BCUT2D eigenvalue weighted by Crippen LogP contribution is 2.39. The number of benzene rings is 1. The third kappa shape index (κ3) is 3.15. The van der Waals surface area contributed by atoms with E-state index < -0.39 is 5.41 Å². The summed E-state index contributed by atoms with van der Waals surface area (Å²) in [5.74, 6) is -0.0309. The van der Waals surface area contributed by atoms with Gasteiger partial charge in [-0.25, -0.2) is 0 Å². The van der Waals surface area contributed by atoms with E-state index >= 15 is 0 Å². The number of hydrogen-bond acceptors (Lipinski definition) is 3. The summed E-state index contributed by atoms with van der Waals surface area (Å²) in [5.41, 5.74) is 0.0752. The Morgan fingerprint density at radius 3 is 2.45 bits per heavy atom. The second-order valence-electron chi connectivity index (χ2n) is 5.28. The van der Waals surface area contributed by atoms with Crippen LogP contribution < -0.4 is 5.32 Å². The molecular formula is C16H15Cl2NO2S. The lowest BCUT2D eigenvalue weighted by atomic mass is 9.78. The SMILES string of the molecule is O=C(Nc1cc(Cl)cc(Cl)c1)C1(c2cccs2)CCOCC1. The van der Waals surface area contributed by atoms with Crippen LogP contribution in [0.4, 0.5) is 5.69 Å². The van der Waals surface area contributed by atoms with Gasteiger partial charge in [-0.1, -0.05) is 29.3 Å². The van der Waals surface area contributed by atoms with Crippen molar-refractivity contribution < 1.29 is 9.53 Å². The van der Waals surface area contributed by atoms with E-state index in [9.17, 15) is 4.79 Å². The summed E-state index contributed by atoms with van der Waals surface area (Å²) in [6.45, 7) is 1.17. The molecule has 1 aliphatic heterocycles. The van der Waals surface area contributed by atoms with Crippen molar-refractivity contribution in [2.75, 3.05) is 18.5 Å². The molecule has 0 spiro atoms. The quantitative estimate of drug-likeness (QED) is 0.863. The lowest BCUT2D eigenvalue weighted by molar-refractivity contribution is -0.125. The average molecular weight is 356 g/mol. The van der Waals surface area contributed by atoms with Gasteiger partial charge in [0.2, 0.25) is 5.91 Å². The predicted molar refractivity (Wildman–Crippen MR) is 91.1 cm³/mol. The molecule has 116 valence electrons. The molecule has 1 aromatic heterocycles. The van der Waals surface area contributed by atoms with Crippen molar-refractivity contribution in [3.8, 4) is 0 Å². The van der Waals surface area contributed by atoms with Gasteiger partial charge in [0.25, 0.3) is 0 Å². The highest BCUT2D eigenvalue weighted by Gasteiger charge is 2.42. The molecule has 3 rings (SSSR count). The minimum absolute atomic E-state index is 0.0309. The Balaban J connectivity index is 1.90. The van der Waals surface area contributed by atoms with Crippen LogP contribution in [0.2, 0.25) is 10.0 Å². The average Bonchev–Trinajstić information content (AvgIpc) is 3.01. The Morgan fingerprint density at radius 2 is 1.86 bits per heavy atom. The molecular weight excluding hydrogens is 341 g/mol. The minimum atomic E-state index is -0.540. The molecule has 2 heterocycles. The Hall–Kier alpha value is -1.07. The molecule has 1 N–H and O–H groups in total. The lowest BCUT2D eigenvalue weighted by Gasteiger charge is -2.35. The monoisotopic (exact) mass is 355 g/mol. The maximum atomic E-state index is 13.0. The van der Waals surface area contributed by atoms with Gasteiger partial charge in [0, 0.05) is 33.8 Å². The van der Waals surface area contributed by atoms with Crippen molar-refractivity contribution in [3.63, 3.8) is 0 Å². The van der Waals surface area contributed by atoms with Gasteiger partial charge in [-0.3, -0.25) is 4.79 Å². The summed E-state index contributed by atoms with van der Waals surface area (Å²) in [7, 11) is 0. The summed E-state index contributed by atoms with van der Waals surface area (Å²) in [6.07, 6.45) is 1.35. The van der Waals surface area contributed by atoms with Gasteiger partial charge in [-0.15, -0.1) is 11.3 Å². The van der Waals surface area contributed by atoms with Crippen LogP contribution in [0, 0.1) is 0 Å². The lowest BCUT2D eigenvalue weighted by Crippen LogP contribution is -2.44. The summed E-state index contributed by atoms with van der Waals surface area (Å²) in [5, 5.41) is 5.96. The number of carbonyl (C=O) groups is 1. The molecule has 1 aliphatic rings. The molecule has 0 saturated carbocycles. The molecule has 1 amide bonds. The summed E-state index contributed by atoms with van der Waals surface area (Å²) in [4.78, 5) is 14.0. The molecule has 3 nitrogen and oxygen atoms in total. The number of amides is 1. The summed E-state index contributed by atoms with van der Waals surface area (Å²) in [6, 6.07) is 9.03. The fraction of sp³-hybridized carbons (Fsp3) is 0.312. The largest absolute Gasteiger partial charge is 0.381 e. The Labute approximate surface area is 143 Å². The van der Waals surface area contributed by atoms with Crippen LogP contribution in [0.1, 0.15) is 17.7 Å². The van der Waals surface area contributed by atoms with Gasteiger partial charge in [0.15, 0.2) is 0 Å². The summed E-state index contributed by atoms with van der Waals surface area (Å²) >= 11 is 13.6. The van der Waals surface area contributed by atoms with E-state index in [1.165, 1.54) is 0 Å². The highest BCUT2D eigenvalue weighted by atomic mass is 35.5. The first-order valence-electron chi connectivity index (χ1n) is 6.99. The molecule has 1 fully saturated rings. The zero-order valence-corrected chi connectivity index (χ0v) is 14.1. The van der Waals surface area contributed by atoms with Crippen molar-refractivity contribution in [1.82, 2.24) is 0 Å². The van der Waals surface area contributed by atoms with Gasteiger partial charge in [0.05, 0.1) is 5.41 Å². The first kappa shape index (κ1) is 15.8. The van der Waals surface area contributed by atoms with E-state index in [1.807, 2.05) is 17.5 Å². The molecule has 6 heteroatoms. The van der Waals surface area contributed by atoms with E-state index in [0.717, 1.165) is 4.88 Å². The standard InChI is InChI=1S/C16H15Cl2NO2S/c17-11-8-12(18)10-13(9-11)19-15(20)16(3-5-21-6-4-16)14-2-1-7-22-14/h1-2,7-10H,3-6H2,(H,19,20). The van der Waals surface area contributed by atoms with Gasteiger partial charge < -0.3 is 10.1 Å². The molecule has 1 saturated heterocycles. The smallest absolute Gasteiger partial charge is 0.236 e. The maximum absolute atomic E-state index is 13.0. The molecule has 0 aliphatic carbocycles. The van der Waals surface area contributed by atoms with Crippen molar-refractivity contribution in [3.05, 3.63) is 50.6 Å². The van der Waals surface area contributed by atoms with Crippen LogP contribution in [0.25, 0.3) is 0 Å². The van der Waals surface area contributed by atoms with Gasteiger partial charge in [-0.2, -0.15) is 0 Å². The topological polar surface area (TPSA) is 38.3 Å². The number of carbonyl (C=O) groups excluding carboxylic acids is 1. The van der Waals surface area contributed by atoms with E-state index in [0.29, 0.717) is 41.8 Å². The highest BCUT2D eigenvalue weighted by molar-refractivity contribution is 7.10. The number of nitrogens with one attached hydrogen (secondary N) is 1. The molecule has 1 aromatic carbocycles. The molecule has 2 aromatic rings. The van der Waals surface area contributed by atoms with Crippen molar-refractivity contribution in [2.24, 2.45) is 0 Å². The normalized spacial score (nSPS) is 17.2. The van der Waals surface area contributed by atoms with Gasteiger partial charge in [0.1, 0.15) is 0 Å². The minimum Gasteiger partial charge on any atom is -0.381 e. The fourth-order valence-electron chi connectivity index (χ4n) is 2.73. The van der Waals surface area contributed by atoms with E-state index in [1.54, 1.807) is 29.5 Å². The van der Waals surface area contributed by atoms with Crippen molar-refractivity contribution in [2.45, 2.75) is 18.3 Å². The molecule has 0 unspecified atom stereocenters. The van der Waals surface area contributed by atoms with Crippen LogP contribution >= 0.6 is 34.5 Å². The van der Waals surface area contributed by atoms with E-state index in [-0.39, 0.29) is 5.91 Å². The van der Waals surface area contributed by atoms with Gasteiger partial charge in [-0.05, 0) is 42.5 Å². The van der Waals surface area contributed by atoms with Crippen LogP contribution in [-0.2, 0) is 14.9 Å². The Morgan fingerprint density at radius 1 is 1.18 bits per heavy atom. The fourth-order valence-corrected chi connectivity index (χ4v) is 4.24. The van der Waals surface area contributed by atoms with Crippen LogP contribution in [0.15, 0.2) is 35.7 Å². The van der Waals surface area contributed by atoms with Crippen molar-refractivity contribution in [1.29, 1.82) is 0 Å². The van der Waals surface area contributed by atoms with Gasteiger partial charge >= 0.3 is 0 Å². The first-order valence-corrected chi connectivity index (χ1v) is 8.63. The predicted octanol–water partition coefficient (Wildman–Crippen LogP) is 4.74. The van der Waals surface area contributed by atoms with E-state index in [4.69, 9.17) is 27.9 Å². The zero-order chi connectivity index (χ0) is 15.6. The molecule has 0 atom stereocenters. The maximum Gasteiger partial charge on any atom is 0.236 e. The molecule has 0 bridgehead atoms. The summed E-state index contributed by atoms with van der Waals surface area (Å²) < 4.78 is 5.44. The van der Waals surface area contributed by atoms with Crippen LogP contribution in [0.5, 0.6) is 0 Å². The number of rotatable bonds is 3. The number of ether oxygens (including phenoxy) is 1. The van der Waals surface area contributed by atoms with E-state index in [2.05, 4.69) is 5.32 Å². The first-order chi connectivity index (χ1) is 10.6. The Kier molecular flexibility index (Phi) is 4.73. The second-order valence-corrected chi connectivity index (χ2v) is 7.10. The van der Waals surface area contributed by atoms with Crippen molar-refractivity contribution >= 4 is 46.1 Å². The molecule has 22 heavy (non-hydrogen) atoms. The van der Waals surface area contributed by atoms with Crippen LogP contribution in [-0.4, -0.2) is 19.1 Å². The number of thiophene rings is 1. The third-order valence-electron chi connectivity index (χ3n) is 3.89. The molecule has 0 radical (unpaired) electrons.